The molecule has 1 atom stereocenters. The highest BCUT2D eigenvalue weighted by atomic mass is 32.2. The van der Waals surface area contributed by atoms with E-state index in [2.05, 4.69) is 4.98 Å². The molecule has 0 saturated heterocycles. The number of hydrogen-bond acceptors (Lipinski definition) is 4. The highest BCUT2D eigenvalue weighted by molar-refractivity contribution is 7.84. The fraction of sp³-hybridized carbons (Fsp3) is 0.100. The minimum absolute atomic E-state index is 0.522. The molecule has 1 aromatic carbocycles. The Morgan fingerprint density at radius 1 is 1.33 bits per heavy atom. The molecule has 2 N–H and O–H groups in total. The van der Waals surface area contributed by atoms with Gasteiger partial charge in [0, 0.05) is 21.7 Å². The normalized spacial score (nSPS) is 12.5. The van der Waals surface area contributed by atoms with Crippen molar-refractivity contribution in [1.29, 1.82) is 0 Å². The van der Waals surface area contributed by atoms with Crippen LogP contribution < -0.4 is 5.73 Å². The van der Waals surface area contributed by atoms with Crippen LogP contribution in [0.1, 0.15) is 4.88 Å². The lowest BCUT2D eigenvalue weighted by molar-refractivity contribution is 0.683. The van der Waals surface area contributed by atoms with E-state index in [1.165, 1.54) is 11.3 Å². The van der Waals surface area contributed by atoms with Crippen LogP contribution in [0, 0.1) is 0 Å². The average Bonchev–Trinajstić information content (AvgIpc) is 2.71. The molecule has 1 unspecified atom stereocenters. The predicted octanol–water partition coefficient (Wildman–Crippen LogP) is 2.03. The number of nitrogen functional groups attached to an aromatic ring is 1. The molecule has 15 heavy (non-hydrogen) atoms. The maximum atomic E-state index is 11.9. The van der Waals surface area contributed by atoms with Crippen LogP contribution in [-0.2, 0) is 16.6 Å². The summed E-state index contributed by atoms with van der Waals surface area (Å²) in [6, 6.07) is 7.12. The summed E-state index contributed by atoms with van der Waals surface area (Å²) < 4.78 is 11.9. The van der Waals surface area contributed by atoms with Crippen molar-refractivity contribution in [3.8, 4) is 0 Å². The highest BCUT2D eigenvalue weighted by Crippen LogP contribution is 2.16. The summed E-state index contributed by atoms with van der Waals surface area (Å²) in [7, 11) is -1.01. The lowest BCUT2D eigenvalue weighted by Crippen LogP contribution is -1.95. The second-order valence-electron chi connectivity index (χ2n) is 3.03. The topological polar surface area (TPSA) is 56.0 Å². The van der Waals surface area contributed by atoms with Crippen molar-refractivity contribution in [3.63, 3.8) is 0 Å². The van der Waals surface area contributed by atoms with Crippen molar-refractivity contribution in [1.82, 2.24) is 4.98 Å². The second kappa shape index (κ2) is 4.55. The van der Waals surface area contributed by atoms with Gasteiger partial charge in [0.2, 0.25) is 0 Å². The molecule has 78 valence electrons. The first-order valence-corrected chi connectivity index (χ1v) is 6.57. The Bertz CT molecular complexity index is 451. The molecule has 0 fully saturated rings. The van der Waals surface area contributed by atoms with Gasteiger partial charge in [-0.05, 0) is 24.3 Å². The standard InChI is InChI=1S/C10H10N2OS2/c11-8-1-3-10(4-2-8)15(13)6-9-5-12-7-14-9/h1-5,7H,6,11H2. The van der Waals surface area contributed by atoms with Crippen LogP contribution in [0.3, 0.4) is 0 Å². The number of nitrogens with zero attached hydrogens (tertiary/aromatic N) is 1. The third-order valence-corrected chi connectivity index (χ3v) is 4.23. The van der Waals surface area contributed by atoms with Crippen molar-refractivity contribution in [2.45, 2.75) is 10.6 Å². The Kier molecular flexibility index (Phi) is 3.13. The number of hydrogen-bond donors (Lipinski definition) is 1. The van der Waals surface area contributed by atoms with Crippen molar-refractivity contribution in [3.05, 3.63) is 40.8 Å². The number of nitrogens with two attached hydrogens (primary N) is 1. The smallest absolute Gasteiger partial charge is 0.0794 e. The first-order valence-electron chi connectivity index (χ1n) is 4.37. The molecule has 1 aromatic heterocycles. The Morgan fingerprint density at radius 2 is 2.07 bits per heavy atom. The molecule has 5 heteroatoms. The predicted molar refractivity (Wildman–Crippen MR) is 63.1 cm³/mol. The lowest BCUT2D eigenvalue weighted by atomic mass is 10.3. The van der Waals surface area contributed by atoms with E-state index in [4.69, 9.17) is 5.73 Å². The molecule has 0 aliphatic carbocycles. The summed E-state index contributed by atoms with van der Waals surface area (Å²) in [4.78, 5) is 5.78. The Balaban J connectivity index is 2.11. The van der Waals surface area contributed by atoms with Gasteiger partial charge in [-0.15, -0.1) is 11.3 Å². The van der Waals surface area contributed by atoms with Crippen LogP contribution in [0.15, 0.2) is 40.9 Å². The zero-order chi connectivity index (χ0) is 10.7. The zero-order valence-corrected chi connectivity index (χ0v) is 9.55. The maximum Gasteiger partial charge on any atom is 0.0794 e. The first kappa shape index (κ1) is 10.3. The van der Waals surface area contributed by atoms with Gasteiger partial charge in [0.1, 0.15) is 0 Å². The highest BCUT2D eigenvalue weighted by Gasteiger charge is 2.05. The van der Waals surface area contributed by atoms with Crippen molar-refractivity contribution >= 4 is 27.8 Å². The summed E-state index contributed by atoms with van der Waals surface area (Å²) >= 11 is 1.52. The third-order valence-electron chi connectivity index (χ3n) is 1.90. The minimum atomic E-state index is -1.01. The van der Waals surface area contributed by atoms with Gasteiger partial charge in [-0.3, -0.25) is 9.19 Å². The van der Waals surface area contributed by atoms with Gasteiger partial charge in [-0.1, -0.05) is 0 Å². The molecular weight excluding hydrogens is 228 g/mol. The molecule has 0 aliphatic rings. The average molecular weight is 238 g/mol. The molecule has 0 radical (unpaired) electrons. The molecule has 3 nitrogen and oxygen atoms in total. The van der Waals surface area contributed by atoms with Crippen LogP contribution in [-0.4, -0.2) is 9.19 Å². The fourth-order valence-electron chi connectivity index (χ4n) is 1.15. The molecule has 0 spiro atoms. The van der Waals surface area contributed by atoms with Crippen LogP contribution >= 0.6 is 11.3 Å². The number of aromatic nitrogens is 1. The first-order chi connectivity index (χ1) is 7.25. The second-order valence-corrected chi connectivity index (χ2v) is 5.45. The van der Waals surface area contributed by atoms with Gasteiger partial charge >= 0.3 is 0 Å². The van der Waals surface area contributed by atoms with E-state index in [1.54, 1.807) is 36.0 Å². The van der Waals surface area contributed by atoms with E-state index < -0.39 is 10.8 Å². The summed E-state index contributed by atoms with van der Waals surface area (Å²) in [6.07, 6.45) is 1.75. The SMILES string of the molecule is Nc1ccc(S(=O)Cc2cncs2)cc1. The molecule has 0 aliphatic heterocycles. The lowest BCUT2D eigenvalue weighted by Gasteiger charge is -2.00. The van der Waals surface area contributed by atoms with Gasteiger partial charge < -0.3 is 5.73 Å². The Labute approximate surface area is 94.4 Å². The third kappa shape index (κ3) is 2.64. The summed E-state index contributed by atoms with van der Waals surface area (Å²) in [5.41, 5.74) is 7.99. The van der Waals surface area contributed by atoms with E-state index in [-0.39, 0.29) is 0 Å². The minimum Gasteiger partial charge on any atom is -0.399 e. The van der Waals surface area contributed by atoms with Gasteiger partial charge in [-0.25, -0.2) is 0 Å². The molecule has 0 amide bonds. The number of thiazole rings is 1. The molecule has 2 rings (SSSR count). The van der Waals surface area contributed by atoms with Gasteiger partial charge in [-0.2, -0.15) is 0 Å². The largest absolute Gasteiger partial charge is 0.399 e. The van der Waals surface area contributed by atoms with Crippen LogP contribution in [0.2, 0.25) is 0 Å². The zero-order valence-electron chi connectivity index (χ0n) is 7.92. The molecular formula is C10H10N2OS2. The Hall–Kier alpha value is -1.20. The van der Waals surface area contributed by atoms with Gasteiger partial charge in [0.05, 0.1) is 22.1 Å². The maximum absolute atomic E-state index is 11.9. The van der Waals surface area contributed by atoms with E-state index in [0.29, 0.717) is 11.4 Å². The van der Waals surface area contributed by atoms with Crippen molar-refractivity contribution in [2.24, 2.45) is 0 Å². The molecule has 0 bridgehead atoms. The quantitative estimate of drug-likeness (QED) is 0.832. The van der Waals surface area contributed by atoms with Crippen LogP contribution in [0.25, 0.3) is 0 Å². The van der Waals surface area contributed by atoms with Crippen molar-refractivity contribution < 1.29 is 4.21 Å². The van der Waals surface area contributed by atoms with Crippen molar-refractivity contribution in [2.75, 3.05) is 5.73 Å². The fourth-order valence-corrected chi connectivity index (χ4v) is 3.06. The van der Waals surface area contributed by atoms with E-state index in [9.17, 15) is 4.21 Å². The number of anilines is 1. The number of benzene rings is 1. The molecule has 2 aromatic rings. The summed E-state index contributed by atoms with van der Waals surface area (Å²) in [5.74, 6) is 0.522. The summed E-state index contributed by atoms with van der Waals surface area (Å²) in [5, 5.41) is 0. The van der Waals surface area contributed by atoms with E-state index in [0.717, 1.165) is 9.77 Å². The van der Waals surface area contributed by atoms with E-state index >= 15 is 0 Å². The van der Waals surface area contributed by atoms with E-state index in [1.807, 2.05) is 0 Å². The number of rotatable bonds is 3. The van der Waals surface area contributed by atoms with Gasteiger partial charge in [0.15, 0.2) is 0 Å². The molecule has 1 heterocycles. The van der Waals surface area contributed by atoms with Gasteiger partial charge in [0.25, 0.3) is 0 Å². The monoisotopic (exact) mass is 238 g/mol. The van der Waals surface area contributed by atoms with Crippen LogP contribution in [0.4, 0.5) is 5.69 Å². The summed E-state index contributed by atoms with van der Waals surface area (Å²) in [6.45, 7) is 0. The van der Waals surface area contributed by atoms with Crippen LogP contribution in [0.5, 0.6) is 0 Å². The molecule has 0 saturated carbocycles. The Morgan fingerprint density at radius 3 is 2.67 bits per heavy atom.